The Hall–Kier alpha value is -1.72. The van der Waals surface area contributed by atoms with E-state index in [-0.39, 0.29) is 11.5 Å². The second-order valence-electron chi connectivity index (χ2n) is 4.01. The molecule has 0 amide bonds. The molecule has 3 nitrogen and oxygen atoms in total. The SMILES string of the molecule is O=C(c1ccc(Br)cc1)c1nc2ccc(O)cc2s1. The second kappa shape index (κ2) is 4.75. The van der Waals surface area contributed by atoms with E-state index in [1.165, 1.54) is 11.3 Å². The van der Waals surface area contributed by atoms with Crippen molar-refractivity contribution >= 4 is 43.3 Å². The normalized spacial score (nSPS) is 10.8. The maximum absolute atomic E-state index is 12.3. The maximum atomic E-state index is 12.3. The first-order valence-electron chi connectivity index (χ1n) is 5.53. The molecule has 0 saturated carbocycles. The van der Waals surface area contributed by atoms with E-state index in [1.54, 1.807) is 30.3 Å². The molecule has 0 radical (unpaired) electrons. The highest BCUT2D eigenvalue weighted by atomic mass is 79.9. The Kier molecular flexibility index (Phi) is 3.08. The Morgan fingerprint density at radius 3 is 2.63 bits per heavy atom. The average molecular weight is 334 g/mol. The molecule has 0 fully saturated rings. The lowest BCUT2D eigenvalue weighted by molar-refractivity contribution is 0.103. The van der Waals surface area contributed by atoms with Gasteiger partial charge in [-0.05, 0) is 42.5 Å². The van der Waals surface area contributed by atoms with Gasteiger partial charge in [0.05, 0.1) is 10.2 Å². The molecular weight excluding hydrogens is 326 g/mol. The summed E-state index contributed by atoms with van der Waals surface area (Å²) in [7, 11) is 0. The van der Waals surface area contributed by atoms with E-state index in [2.05, 4.69) is 20.9 Å². The summed E-state index contributed by atoms with van der Waals surface area (Å²) in [6.45, 7) is 0. The quantitative estimate of drug-likeness (QED) is 0.721. The Balaban J connectivity index is 2.04. The number of benzene rings is 2. The molecular formula is C14H8BrNO2S. The minimum Gasteiger partial charge on any atom is -0.508 e. The van der Waals surface area contributed by atoms with Gasteiger partial charge < -0.3 is 5.11 Å². The molecule has 0 aliphatic rings. The highest BCUT2D eigenvalue weighted by Crippen LogP contribution is 2.27. The highest BCUT2D eigenvalue weighted by Gasteiger charge is 2.14. The van der Waals surface area contributed by atoms with Crippen molar-refractivity contribution in [2.45, 2.75) is 0 Å². The zero-order valence-electron chi connectivity index (χ0n) is 9.63. The van der Waals surface area contributed by atoms with Crippen LogP contribution in [0.15, 0.2) is 46.9 Å². The summed E-state index contributed by atoms with van der Waals surface area (Å²) in [5.41, 5.74) is 1.33. The number of nitrogens with zero attached hydrogens (tertiary/aromatic N) is 1. The van der Waals surface area contributed by atoms with Gasteiger partial charge in [0.15, 0.2) is 5.01 Å². The maximum Gasteiger partial charge on any atom is 0.221 e. The molecule has 5 heteroatoms. The van der Waals surface area contributed by atoms with Gasteiger partial charge >= 0.3 is 0 Å². The van der Waals surface area contributed by atoms with Crippen LogP contribution >= 0.6 is 27.3 Å². The third-order valence-corrected chi connectivity index (χ3v) is 4.22. The zero-order valence-corrected chi connectivity index (χ0v) is 12.0. The van der Waals surface area contributed by atoms with Crippen LogP contribution in [0.2, 0.25) is 0 Å². The largest absolute Gasteiger partial charge is 0.508 e. The second-order valence-corrected chi connectivity index (χ2v) is 5.95. The molecule has 1 heterocycles. The van der Waals surface area contributed by atoms with E-state index in [9.17, 15) is 9.90 Å². The van der Waals surface area contributed by atoms with E-state index < -0.39 is 0 Å². The minimum atomic E-state index is -0.104. The molecule has 0 saturated heterocycles. The van der Waals surface area contributed by atoms with E-state index in [0.717, 1.165) is 14.7 Å². The van der Waals surface area contributed by atoms with Crippen molar-refractivity contribution in [1.82, 2.24) is 4.98 Å². The van der Waals surface area contributed by atoms with Gasteiger partial charge in [0, 0.05) is 10.0 Å². The van der Waals surface area contributed by atoms with Gasteiger partial charge in [-0.15, -0.1) is 11.3 Å². The Bertz CT molecular complexity index is 765. The molecule has 0 unspecified atom stereocenters. The van der Waals surface area contributed by atoms with Crippen LogP contribution in [0.4, 0.5) is 0 Å². The number of halogens is 1. The molecule has 94 valence electrons. The molecule has 0 atom stereocenters. The summed E-state index contributed by atoms with van der Waals surface area (Å²) in [6, 6.07) is 12.1. The number of aromatic hydroxyl groups is 1. The summed E-state index contributed by atoms with van der Waals surface area (Å²) >= 11 is 4.62. The van der Waals surface area contributed by atoms with Crippen LogP contribution in [0.3, 0.4) is 0 Å². The number of fused-ring (bicyclic) bond motifs is 1. The summed E-state index contributed by atoms with van der Waals surface area (Å²) < 4.78 is 1.73. The van der Waals surface area contributed by atoms with Gasteiger partial charge in [0.1, 0.15) is 5.75 Å². The van der Waals surface area contributed by atoms with Crippen LogP contribution in [0, 0.1) is 0 Å². The third-order valence-electron chi connectivity index (χ3n) is 2.67. The molecule has 0 spiro atoms. The van der Waals surface area contributed by atoms with Crippen LogP contribution in [0.25, 0.3) is 10.2 Å². The number of phenols is 1. The fraction of sp³-hybridized carbons (Fsp3) is 0. The smallest absolute Gasteiger partial charge is 0.221 e. The summed E-state index contributed by atoms with van der Waals surface area (Å²) in [5.74, 6) is 0.0759. The molecule has 2 aromatic carbocycles. The van der Waals surface area contributed by atoms with Gasteiger partial charge in [-0.2, -0.15) is 0 Å². The monoisotopic (exact) mass is 333 g/mol. The average Bonchev–Trinajstić information content (AvgIpc) is 2.81. The van der Waals surface area contributed by atoms with Gasteiger partial charge in [-0.1, -0.05) is 15.9 Å². The fourth-order valence-corrected chi connectivity index (χ4v) is 2.96. The van der Waals surface area contributed by atoms with Crippen molar-refractivity contribution in [3.05, 3.63) is 57.5 Å². The Labute approximate surface area is 121 Å². The van der Waals surface area contributed by atoms with Crippen molar-refractivity contribution in [2.75, 3.05) is 0 Å². The highest BCUT2D eigenvalue weighted by molar-refractivity contribution is 9.10. The van der Waals surface area contributed by atoms with Crippen molar-refractivity contribution < 1.29 is 9.90 Å². The molecule has 19 heavy (non-hydrogen) atoms. The third kappa shape index (κ3) is 2.39. The van der Waals surface area contributed by atoms with Crippen LogP contribution in [-0.2, 0) is 0 Å². The number of thiazole rings is 1. The predicted octanol–water partition coefficient (Wildman–Crippen LogP) is 4.00. The number of phenolic OH excluding ortho intramolecular Hbond substituents is 1. The van der Waals surface area contributed by atoms with Crippen LogP contribution in [0.5, 0.6) is 5.75 Å². The van der Waals surface area contributed by atoms with Crippen LogP contribution in [-0.4, -0.2) is 15.9 Å². The number of carbonyl (C=O) groups is 1. The zero-order chi connectivity index (χ0) is 13.4. The van der Waals surface area contributed by atoms with Gasteiger partial charge in [0.25, 0.3) is 0 Å². The molecule has 0 aliphatic carbocycles. The molecule has 1 aromatic heterocycles. The van der Waals surface area contributed by atoms with Crippen molar-refractivity contribution in [1.29, 1.82) is 0 Å². The van der Waals surface area contributed by atoms with Gasteiger partial charge in [-0.3, -0.25) is 4.79 Å². The number of rotatable bonds is 2. The minimum absolute atomic E-state index is 0.104. The van der Waals surface area contributed by atoms with Gasteiger partial charge in [-0.25, -0.2) is 4.98 Å². The summed E-state index contributed by atoms with van der Waals surface area (Å²) in [5, 5.41) is 9.85. The van der Waals surface area contributed by atoms with Gasteiger partial charge in [0.2, 0.25) is 5.78 Å². The molecule has 0 aliphatic heterocycles. The lowest BCUT2D eigenvalue weighted by Gasteiger charge is -1.96. The first kappa shape index (κ1) is 12.3. The van der Waals surface area contributed by atoms with Crippen molar-refractivity contribution in [2.24, 2.45) is 0 Å². The number of hydrogen-bond acceptors (Lipinski definition) is 4. The fourth-order valence-electron chi connectivity index (χ4n) is 1.74. The van der Waals surface area contributed by atoms with E-state index in [1.807, 2.05) is 12.1 Å². The lowest BCUT2D eigenvalue weighted by atomic mass is 10.1. The molecule has 3 rings (SSSR count). The number of aromatic nitrogens is 1. The van der Waals surface area contributed by atoms with Crippen molar-refractivity contribution in [3.8, 4) is 5.75 Å². The first-order chi connectivity index (χ1) is 9.13. The number of carbonyl (C=O) groups excluding carboxylic acids is 1. The first-order valence-corrected chi connectivity index (χ1v) is 7.14. The molecule has 0 bridgehead atoms. The predicted molar refractivity (Wildman–Crippen MR) is 78.9 cm³/mol. The summed E-state index contributed by atoms with van der Waals surface area (Å²) in [6.07, 6.45) is 0. The van der Waals surface area contributed by atoms with Crippen LogP contribution < -0.4 is 0 Å². The topological polar surface area (TPSA) is 50.2 Å². The number of ketones is 1. The molecule has 1 N–H and O–H groups in total. The Morgan fingerprint density at radius 1 is 1.16 bits per heavy atom. The lowest BCUT2D eigenvalue weighted by Crippen LogP contribution is -1.99. The Morgan fingerprint density at radius 2 is 1.89 bits per heavy atom. The van der Waals surface area contributed by atoms with E-state index in [4.69, 9.17) is 0 Å². The van der Waals surface area contributed by atoms with E-state index in [0.29, 0.717) is 10.6 Å². The molecule has 3 aromatic rings. The van der Waals surface area contributed by atoms with Crippen molar-refractivity contribution in [3.63, 3.8) is 0 Å². The standard InChI is InChI=1S/C14H8BrNO2S/c15-9-3-1-8(2-4-9)13(18)14-16-11-6-5-10(17)7-12(11)19-14/h1-7,17H. The van der Waals surface area contributed by atoms with E-state index >= 15 is 0 Å². The summed E-state index contributed by atoms with van der Waals surface area (Å²) in [4.78, 5) is 16.6. The number of hydrogen-bond donors (Lipinski definition) is 1. The van der Waals surface area contributed by atoms with Crippen LogP contribution in [0.1, 0.15) is 15.4 Å².